The molecule has 1 atom stereocenters. The molecule has 0 aliphatic rings. The molecule has 2 rings (SSSR count). The second-order valence-corrected chi connectivity index (χ2v) is 5.37. The number of hydrogen-bond acceptors (Lipinski definition) is 2. The number of benzene rings is 2. The van der Waals surface area contributed by atoms with Gasteiger partial charge in [0, 0.05) is 18.5 Å². The standard InChI is InChI=1S/C19H22N2O2/c1-2-13-20-19(23)17(14-15-9-5-3-6-10-15)21-18(22)16-11-7-4-8-12-16/h3-12,17H,2,13-14H2,1H3,(H,20,23)(H,21,22)/t17-/m0/s1. The van der Waals surface area contributed by atoms with Crippen molar-refractivity contribution in [2.45, 2.75) is 25.8 Å². The summed E-state index contributed by atoms with van der Waals surface area (Å²) < 4.78 is 0. The van der Waals surface area contributed by atoms with Gasteiger partial charge in [-0.15, -0.1) is 0 Å². The van der Waals surface area contributed by atoms with Gasteiger partial charge in [0.25, 0.3) is 5.91 Å². The van der Waals surface area contributed by atoms with Crippen LogP contribution in [0.25, 0.3) is 0 Å². The van der Waals surface area contributed by atoms with Crippen molar-refractivity contribution in [1.82, 2.24) is 10.6 Å². The molecule has 0 aromatic heterocycles. The molecule has 4 heteroatoms. The molecule has 120 valence electrons. The number of rotatable bonds is 7. The van der Waals surface area contributed by atoms with Crippen molar-refractivity contribution in [2.24, 2.45) is 0 Å². The molecule has 0 unspecified atom stereocenters. The van der Waals surface area contributed by atoms with Gasteiger partial charge < -0.3 is 10.6 Å². The summed E-state index contributed by atoms with van der Waals surface area (Å²) in [4.78, 5) is 24.7. The zero-order chi connectivity index (χ0) is 16.5. The third-order valence-corrected chi connectivity index (χ3v) is 3.49. The normalized spacial score (nSPS) is 11.5. The van der Waals surface area contributed by atoms with Crippen LogP contribution in [0.1, 0.15) is 29.3 Å². The molecule has 0 aliphatic heterocycles. The number of hydrogen-bond donors (Lipinski definition) is 2. The van der Waals surface area contributed by atoms with Crippen molar-refractivity contribution in [1.29, 1.82) is 0 Å². The van der Waals surface area contributed by atoms with E-state index in [1.54, 1.807) is 24.3 Å². The Morgan fingerprint density at radius 2 is 1.57 bits per heavy atom. The highest BCUT2D eigenvalue weighted by Crippen LogP contribution is 2.05. The van der Waals surface area contributed by atoms with Crippen molar-refractivity contribution in [3.05, 3.63) is 71.8 Å². The molecule has 2 N–H and O–H groups in total. The maximum absolute atomic E-state index is 12.3. The summed E-state index contributed by atoms with van der Waals surface area (Å²) >= 11 is 0. The molecule has 0 spiro atoms. The number of carbonyl (C=O) groups is 2. The predicted molar refractivity (Wildman–Crippen MR) is 91.1 cm³/mol. The highest BCUT2D eigenvalue weighted by atomic mass is 16.2. The van der Waals surface area contributed by atoms with Gasteiger partial charge >= 0.3 is 0 Å². The molecule has 4 nitrogen and oxygen atoms in total. The second kappa shape index (κ2) is 8.73. The Bertz CT molecular complexity index is 626. The predicted octanol–water partition coefficient (Wildman–Crippen LogP) is 2.55. The zero-order valence-electron chi connectivity index (χ0n) is 13.3. The van der Waals surface area contributed by atoms with Crippen LogP contribution in [0.4, 0.5) is 0 Å². The third-order valence-electron chi connectivity index (χ3n) is 3.49. The first kappa shape index (κ1) is 16.7. The summed E-state index contributed by atoms with van der Waals surface area (Å²) in [6, 6.07) is 18.0. The van der Waals surface area contributed by atoms with Crippen molar-refractivity contribution < 1.29 is 9.59 Å². The fourth-order valence-corrected chi connectivity index (χ4v) is 2.26. The zero-order valence-corrected chi connectivity index (χ0v) is 13.3. The minimum absolute atomic E-state index is 0.153. The van der Waals surface area contributed by atoms with E-state index in [0.717, 1.165) is 12.0 Å². The van der Waals surface area contributed by atoms with Crippen LogP contribution in [0.15, 0.2) is 60.7 Å². The van der Waals surface area contributed by atoms with Crippen LogP contribution >= 0.6 is 0 Å². The summed E-state index contributed by atoms with van der Waals surface area (Å²) in [6.07, 6.45) is 1.32. The fraction of sp³-hybridized carbons (Fsp3) is 0.263. The Labute approximate surface area is 136 Å². The summed E-state index contributed by atoms with van der Waals surface area (Å²) in [5.41, 5.74) is 1.56. The first-order valence-electron chi connectivity index (χ1n) is 7.88. The van der Waals surface area contributed by atoms with E-state index in [1.807, 2.05) is 43.3 Å². The van der Waals surface area contributed by atoms with Crippen LogP contribution in [-0.4, -0.2) is 24.4 Å². The Balaban J connectivity index is 2.09. The van der Waals surface area contributed by atoms with Crippen LogP contribution in [0, 0.1) is 0 Å². The van der Waals surface area contributed by atoms with Gasteiger partial charge in [0.1, 0.15) is 6.04 Å². The molecule has 0 saturated heterocycles. The van der Waals surface area contributed by atoms with Gasteiger partial charge in [-0.25, -0.2) is 0 Å². The van der Waals surface area contributed by atoms with E-state index < -0.39 is 6.04 Å². The Kier molecular flexibility index (Phi) is 6.36. The third kappa shape index (κ3) is 5.25. The van der Waals surface area contributed by atoms with Gasteiger partial charge in [-0.3, -0.25) is 9.59 Å². The second-order valence-electron chi connectivity index (χ2n) is 5.37. The van der Waals surface area contributed by atoms with Crippen LogP contribution < -0.4 is 10.6 Å². The summed E-state index contributed by atoms with van der Waals surface area (Å²) in [6.45, 7) is 2.60. The molecule has 0 fully saturated rings. The monoisotopic (exact) mass is 310 g/mol. The summed E-state index contributed by atoms with van der Waals surface area (Å²) in [7, 11) is 0. The van der Waals surface area contributed by atoms with Crippen LogP contribution in [-0.2, 0) is 11.2 Å². The van der Waals surface area contributed by atoms with E-state index in [2.05, 4.69) is 10.6 Å². The first-order chi connectivity index (χ1) is 11.2. The van der Waals surface area contributed by atoms with Crippen LogP contribution in [0.5, 0.6) is 0 Å². The average Bonchev–Trinajstić information content (AvgIpc) is 2.60. The van der Waals surface area contributed by atoms with Crippen LogP contribution in [0.3, 0.4) is 0 Å². The van der Waals surface area contributed by atoms with Crippen LogP contribution in [0.2, 0.25) is 0 Å². The lowest BCUT2D eigenvalue weighted by Gasteiger charge is -2.18. The molecule has 2 amide bonds. The fourth-order valence-electron chi connectivity index (χ4n) is 2.26. The van der Waals surface area contributed by atoms with Crippen molar-refractivity contribution in [3.63, 3.8) is 0 Å². The minimum Gasteiger partial charge on any atom is -0.354 e. The van der Waals surface area contributed by atoms with E-state index in [9.17, 15) is 9.59 Å². The van der Waals surface area contributed by atoms with Gasteiger partial charge in [0.2, 0.25) is 5.91 Å². The highest BCUT2D eigenvalue weighted by Gasteiger charge is 2.21. The van der Waals surface area contributed by atoms with Gasteiger partial charge in [-0.2, -0.15) is 0 Å². The smallest absolute Gasteiger partial charge is 0.251 e. The van der Waals surface area contributed by atoms with Gasteiger partial charge in [-0.05, 0) is 24.1 Å². The minimum atomic E-state index is -0.586. The Morgan fingerprint density at radius 3 is 2.17 bits per heavy atom. The van der Waals surface area contributed by atoms with E-state index in [-0.39, 0.29) is 11.8 Å². The number of carbonyl (C=O) groups excluding carboxylic acids is 2. The van der Waals surface area contributed by atoms with E-state index in [1.165, 1.54) is 0 Å². The van der Waals surface area contributed by atoms with Gasteiger partial charge in [0.05, 0.1) is 0 Å². The molecule has 0 aliphatic carbocycles. The number of nitrogens with one attached hydrogen (secondary N) is 2. The Morgan fingerprint density at radius 1 is 0.957 bits per heavy atom. The first-order valence-corrected chi connectivity index (χ1v) is 7.88. The molecule has 2 aromatic rings. The van der Waals surface area contributed by atoms with E-state index in [0.29, 0.717) is 18.5 Å². The molecule has 0 saturated carbocycles. The lowest BCUT2D eigenvalue weighted by atomic mass is 10.0. The average molecular weight is 310 g/mol. The van der Waals surface area contributed by atoms with E-state index in [4.69, 9.17) is 0 Å². The maximum Gasteiger partial charge on any atom is 0.251 e. The summed E-state index contributed by atoms with van der Waals surface area (Å²) in [5, 5.41) is 5.70. The van der Waals surface area contributed by atoms with Crippen molar-refractivity contribution in [2.75, 3.05) is 6.54 Å². The molecule has 2 aromatic carbocycles. The lowest BCUT2D eigenvalue weighted by molar-refractivity contribution is -0.122. The number of amides is 2. The van der Waals surface area contributed by atoms with Gasteiger partial charge in [0.15, 0.2) is 0 Å². The maximum atomic E-state index is 12.3. The molecule has 0 radical (unpaired) electrons. The van der Waals surface area contributed by atoms with E-state index >= 15 is 0 Å². The molecule has 0 bridgehead atoms. The highest BCUT2D eigenvalue weighted by molar-refractivity contribution is 5.97. The Hall–Kier alpha value is -2.62. The lowest BCUT2D eigenvalue weighted by Crippen LogP contribution is -2.48. The molecule has 23 heavy (non-hydrogen) atoms. The van der Waals surface area contributed by atoms with Crippen molar-refractivity contribution >= 4 is 11.8 Å². The molecule has 0 heterocycles. The SMILES string of the molecule is CCCNC(=O)[C@H](Cc1ccccc1)NC(=O)c1ccccc1. The largest absolute Gasteiger partial charge is 0.354 e. The quantitative estimate of drug-likeness (QED) is 0.826. The topological polar surface area (TPSA) is 58.2 Å². The van der Waals surface area contributed by atoms with Crippen molar-refractivity contribution in [3.8, 4) is 0 Å². The molecular weight excluding hydrogens is 288 g/mol. The van der Waals surface area contributed by atoms with Gasteiger partial charge in [-0.1, -0.05) is 55.5 Å². The molecular formula is C19H22N2O2. The summed E-state index contributed by atoms with van der Waals surface area (Å²) in [5.74, 6) is -0.391.